The summed E-state index contributed by atoms with van der Waals surface area (Å²) in [5.74, 6) is -2.46. The number of hydrogen-bond acceptors (Lipinski definition) is 2. The zero-order valence-electron chi connectivity index (χ0n) is 13.8. The van der Waals surface area contributed by atoms with Crippen molar-refractivity contribution in [1.82, 2.24) is 0 Å². The minimum Gasteiger partial charge on any atom is -0.478 e. The highest BCUT2D eigenvalue weighted by atomic mass is 16.4. The van der Waals surface area contributed by atoms with Crippen molar-refractivity contribution in [2.45, 2.75) is 0 Å². The number of hydrogen-bond donors (Lipinski definition) is 2. The van der Waals surface area contributed by atoms with E-state index in [4.69, 9.17) is 10.2 Å². The van der Waals surface area contributed by atoms with Crippen LogP contribution in [0.25, 0.3) is 21.5 Å². The predicted molar refractivity (Wildman–Crippen MR) is 102 cm³/mol. The Morgan fingerprint density at radius 1 is 0.538 bits per heavy atom. The first-order valence-corrected chi connectivity index (χ1v) is 8.00. The third kappa shape index (κ3) is 3.54. The summed E-state index contributed by atoms with van der Waals surface area (Å²) >= 11 is 0. The van der Waals surface area contributed by atoms with Crippen LogP contribution in [0.5, 0.6) is 0 Å². The first-order valence-electron chi connectivity index (χ1n) is 8.00. The van der Waals surface area contributed by atoms with Crippen molar-refractivity contribution >= 4 is 33.5 Å². The fourth-order valence-corrected chi connectivity index (χ4v) is 2.81. The molecule has 0 aliphatic heterocycles. The Labute approximate surface area is 149 Å². The Hall–Kier alpha value is -3.66. The van der Waals surface area contributed by atoms with Gasteiger partial charge in [-0.2, -0.15) is 0 Å². The molecule has 0 atom stereocenters. The highest BCUT2D eigenvalue weighted by Gasteiger charge is 2.18. The largest absolute Gasteiger partial charge is 0.478 e. The second-order valence-electron chi connectivity index (χ2n) is 5.67. The van der Waals surface area contributed by atoms with E-state index in [0.29, 0.717) is 10.8 Å². The maximum Gasteiger partial charge on any atom is 0.337 e. The third-order valence-electron chi connectivity index (χ3n) is 4.03. The molecule has 26 heavy (non-hydrogen) atoms. The summed E-state index contributed by atoms with van der Waals surface area (Å²) in [6.07, 6.45) is 0. The van der Waals surface area contributed by atoms with E-state index in [1.807, 2.05) is 0 Å². The Kier molecular flexibility index (Phi) is 4.94. The molecule has 128 valence electrons. The van der Waals surface area contributed by atoms with Gasteiger partial charge in [-0.3, -0.25) is 0 Å². The van der Waals surface area contributed by atoms with Crippen molar-refractivity contribution in [3.63, 3.8) is 0 Å². The average Bonchev–Trinajstić information content (AvgIpc) is 2.67. The predicted octanol–water partition coefficient (Wildman–Crippen LogP) is 5.08. The molecule has 0 saturated heterocycles. The average molecular weight is 344 g/mol. The van der Waals surface area contributed by atoms with Crippen molar-refractivity contribution in [3.8, 4) is 0 Å². The van der Waals surface area contributed by atoms with Crippen molar-refractivity contribution in [3.05, 3.63) is 96.1 Å². The fraction of sp³-hybridized carbons (Fsp3) is 0. The summed E-state index contributed by atoms with van der Waals surface area (Å²) in [5, 5.41) is 21.7. The molecule has 4 rings (SSSR count). The van der Waals surface area contributed by atoms with Crippen LogP contribution in [-0.4, -0.2) is 22.2 Å². The van der Waals surface area contributed by atoms with Crippen molar-refractivity contribution in [2.75, 3.05) is 0 Å². The maximum atomic E-state index is 11.1. The third-order valence-corrected chi connectivity index (χ3v) is 4.03. The normalized spacial score (nSPS) is 10.2. The second-order valence-corrected chi connectivity index (χ2v) is 5.67. The lowest BCUT2D eigenvalue weighted by Crippen LogP contribution is -2.08. The molecule has 0 amide bonds. The lowest BCUT2D eigenvalue weighted by molar-refractivity contribution is 0.0653. The van der Waals surface area contributed by atoms with Gasteiger partial charge in [0.25, 0.3) is 0 Å². The number of rotatable bonds is 2. The van der Waals surface area contributed by atoms with Crippen molar-refractivity contribution < 1.29 is 19.8 Å². The minimum absolute atomic E-state index is 0.161. The van der Waals surface area contributed by atoms with Crippen LogP contribution in [0.2, 0.25) is 0 Å². The highest BCUT2D eigenvalue weighted by molar-refractivity contribution is 6.11. The van der Waals surface area contributed by atoms with E-state index < -0.39 is 11.9 Å². The Morgan fingerprint density at radius 3 is 1.46 bits per heavy atom. The molecule has 0 unspecified atom stereocenters. The molecule has 4 aromatic carbocycles. The van der Waals surface area contributed by atoms with Gasteiger partial charge in [0.1, 0.15) is 0 Å². The zero-order valence-corrected chi connectivity index (χ0v) is 13.8. The van der Waals surface area contributed by atoms with Crippen LogP contribution in [0, 0.1) is 0 Å². The van der Waals surface area contributed by atoms with E-state index in [9.17, 15) is 9.59 Å². The molecule has 0 fully saturated rings. The summed E-state index contributed by atoms with van der Waals surface area (Å²) in [5.41, 5.74) is -0.350. The van der Waals surface area contributed by atoms with E-state index >= 15 is 0 Å². The number of carbonyl (C=O) groups is 2. The standard InChI is InChI=1S/C12H8O4.C10H8/c13-11(14)9-6-5-7-3-1-2-4-8(7)10(9)12(15)16;1-2-6-10-8-4-3-7-9(10)5-1/h1-6H,(H,13,14)(H,15,16);1-8H. The van der Waals surface area contributed by atoms with Gasteiger partial charge in [-0.05, 0) is 27.6 Å². The Morgan fingerprint density at radius 2 is 1.00 bits per heavy atom. The molecule has 0 aromatic heterocycles. The summed E-state index contributed by atoms with van der Waals surface area (Å²) in [6.45, 7) is 0. The molecule has 4 heteroatoms. The fourth-order valence-electron chi connectivity index (χ4n) is 2.81. The van der Waals surface area contributed by atoms with Gasteiger partial charge in [0.2, 0.25) is 0 Å². The van der Waals surface area contributed by atoms with E-state index in [0.717, 1.165) is 0 Å². The van der Waals surface area contributed by atoms with Crippen LogP contribution in [0.3, 0.4) is 0 Å². The number of carboxylic acids is 2. The Bertz CT molecular complexity index is 1030. The van der Waals surface area contributed by atoms with Crippen LogP contribution in [0.1, 0.15) is 20.7 Å². The van der Waals surface area contributed by atoms with E-state index in [2.05, 4.69) is 48.5 Å². The summed E-state index contributed by atoms with van der Waals surface area (Å²) in [7, 11) is 0. The summed E-state index contributed by atoms with van der Waals surface area (Å²) in [4.78, 5) is 22.0. The highest BCUT2D eigenvalue weighted by Crippen LogP contribution is 2.22. The molecule has 4 nitrogen and oxygen atoms in total. The van der Waals surface area contributed by atoms with Gasteiger partial charge >= 0.3 is 11.9 Å². The van der Waals surface area contributed by atoms with Crippen LogP contribution in [0.15, 0.2) is 84.9 Å². The van der Waals surface area contributed by atoms with Crippen molar-refractivity contribution in [1.29, 1.82) is 0 Å². The van der Waals surface area contributed by atoms with Gasteiger partial charge in [-0.25, -0.2) is 9.59 Å². The van der Waals surface area contributed by atoms with E-state index in [1.165, 1.54) is 16.8 Å². The molecule has 4 aromatic rings. The van der Waals surface area contributed by atoms with Gasteiger partial charge in [0.15, 0.2) is 0 Å². The molecule has 0 aliphatic carbocycles. The van der Waals surface area contributed by atoms with Crippen LogP contribution >= 0.6 is 0 Å². The van der Waals surface area contributed by atoms with Crippen LogP contribution in [-0.2, 0) is 0 Å². The minimum atomic E-state index is -1.23. The number of benzene rings is 4. The number of fused-ring (bicyclic) bond motifs is 2. The molecule has 0 saturated carbocycles. The smallest absolute Gasteiger partial charge is 0.337 e. The quantitative estimate of drug-likeness (QED) is 0.532. The van der Waals surface area contributed by atoms with Crippen LogP contribution < -0.4 is 0 Å². The molecule has 0 bridgehead atoms. The number of aromatic carboxylic acids is 2. The summed E-state index contributed by atoms with van der Waals surface area (Å²) < 4.78 is 0. The molecule has 0 heterocycles. The topological polar surface area (TPSA) is 74.6 Å². The molecular formula is C22H16O4. The molecule has 2 N–H and O–H groups in total. The van der Waals surface area contributed by atoms with Gasteiger partial charge < -0.3 is 10.2 Å². The zero-order chi connectivity index (χ0) is 18.5. The lowest BCUT2D eigenvalue weighted by Gasteiger charge is -2.05. The second kappa shape index (κ2) is 7.49. The molecular weight excluding hydrogens is 328 g/mol. The van der Waals surface area contributed by atoms with Gasteiger partial charge in [0, 0.05) is 0 Å². The van der Waals surface area contributed by atoms with E-state index in [1.54, 1.807) is 30.3 Å². The van der Waals surface area contributed by atoms with Crippen LogP contribution in [0.4, 0.5) is 0 Å². The monoisotopic (exact) mass is 344 g/mol. The first-order chi connectivity index (χ1) is 12.6. The van der Waals surface area contributed by atoms with Gasteiger partial charge in [-0.1, -0.05) is 78.9 Å². The molecule has 0 spiro atoms. The summed E-state index contributed by atoms with van der Waals surface area (Å²) in [6, 6.07) is 26.4. The number of carboxylic acid groups (broad SMARTS) is 2. The molecule has 0 aliphatic rings. The lowest BCUT2D eigenvalue weighted by atomic mass is 9.99. The van der Waals surface area contributed by atoms with Gasteiger partial charge in [0.05, 0.1) is 11.1 Å². The SMILES string of the molecule is O=C(O)c1ccc2ccccc2c1C(=O)O.c1ccc2ccccc2c1. The maximum absolute atomic E-state index is 11.1. The first kappa shape index (κ1) is 17.2. The van der Waals surface area contributed by atoms with Crippen molar-refractivity contribution in [2.24, 2.45) is 0 Å². The Balaban J connectivity index is 0.000000167. The van der Waals surface area contributed by atoms with Gasteiger partial charge in [-0.15, -0.1) is 0 Å². The van der Waals surface area contributed by atoms with E-state index in [-0.39, 0.29) is 11.1 Å². The molecule has 0 radical (unpaired) electrons.